The number of nitrogens with zero attached hydrogens (tertiary/aromatic N) is 5. The largest absolute Gasteiger partial charge is 0.417 e. The lowest BCUT2D eigenvalue weighted by Gasteiger charge is -2.36. The minimum atomic E-state index is -4.38. The number of aromatic nitrogens is 3. The third-order valence-electron chi connectivity index (χ3n) is 6.34. The van der Waals surface area contributed by atoms with Gasteiger partial charge in [-0.1, -0.05) is 12.1 Å². The summed E-state index contributed by atoms with van der Waals surface area (Å²) in [5.41, 5.74) is 3.48. The molecule has 3 heterocycles. The van der Waals surface area contributed by atoms with Crippen LogP contribution in [0.15, 0.2) is 42.6 Å². The average molecular weight is 457 g/mol. The highest BCUT2D eigenvalue weighted by Crippen LogP contribution is 2.33. The first-order valence-corrected chi connectivity index (χ1v) is 11.0. The van der Waals surface area contributed by atoms with Gasteiger partial charge in [-0.3, -0.25) is 0 Å². The van der Waals surface area contributed by atoms with Crippen molar-refractivity contribution in [3.63, 3.8) is 0 Å². The highest BCUT2D eigenvalue weighted by molar-refractivity contribution is 5.55. The molecule has 1 fully saturated rings. The minimum Gasteiger partial charge on any atom is -0.353 e. The summed E-state index contributed by atoms with van der Waals surface area (Å²) in [5.74, 6) is 1.18. The number of pyridine rings is 1. The average Bonchev–Trinajstić information content (AvgIpc) is 3.30. The van der Waals surface area contributed by atoms with Crippen LogP contribution in [0.3, 0.4) is 0 Å². The molecule has 3 aromatic rings. The van der Waals surface area contributed by atoms with Crippen LogP contribution in [0.25, 0.3) is 0 Å². The van der Waals surface area contributed by atoms with E-state index in [4.69, 9.17) is 0 Å². The highest BCUT2D eigenvalue weighted by atomic mass is 19.4. The Labute approximate surface area is 189 Å². The van der Waals surface area contributed by atoms with E-state index in [1.54, 1.807) is 6.07 Å². The molecular weight excluding hydrogens is 434 g/mol. The van der Waals surface area contributed by atoms with Gasteiger partial charge in [0.2, 0.25) is 0 Å². The topological polar surface area (TPSA) is 45.2 Å². The first-order valence-electron chi connectivity index (χ1n) is 11.0. The second-order valence-corrected chi connectivity index (χ2v) is 8.46. The van der Waals surface area contributed by atoms with Crippen LogP contribution in [-0.2, 0) is 25.4 Å². The quantitative estimate of drug-likeness (QED) is 0.543. The summed E-state index contributed by atoms with van der Waals surface area (Å²) in [6.45, 7) is 2.65. The van der Waals surface area contributed by atoms with Gasteiger partial charge in [0.05, 0.1) is 11.3 Å². The first-order chi connectivity index (χ1) is 15.9. The maximum absolute atomic E-state index is 13.6. The van der Waals surface area contributed by atoms with Gasteiger partial charge in [0, 0.05) is 44.4 Å². The number of benzene rings is 1. The predicted octanol–water partition coefficient (Wildman–Crippen LogP) is 4.44. The number of fused-ring (bicyclic) bond motifs is 1. The lowest BCUT2D eigenvalue weighted by Crippen LogP contribution is -2.47. The van der Waals surface area contributed by atoms with Crippen LogP contribution in [0.2, 0.25) is 0 Å². The Kier molecular flexibility index (Phi) is 5.64. The molecule has 33 heavy (non-hydrogen) atoms. The summed E-state index contributed by atoms with van der Waals surface area (Å²) in [7, 11) is 0. The van der Waals surface area contributed by atoms with Crippen molar-refractivity contribution >= 4 is 11.6 Å². The van der Waals surface area contributed by atoms with E-state index in [0.29, 0.717) is 38.4 Å². The number of piperazine rings is 1. The second-order valence-electron chi connectivity index (χ2n) is 8.46. The van der Waals surface area contributed by atoms with E-state index in [0.717, 1.165) is 48.6 Å². The molecule has 5 rings (SSSR count). The van der Waals surface area contributed by atoms with Crippen LogP contribution >= 0.6 is 0 Å². The van der Waals surface area contributed by atoms with E-state index in [9.17, 15) is 17.6 Å². The Morgan fingerprint density at radius 3 is 2.33 bits per heavy atom. The van der Waals surface area contributed by atoms with Crippen molar-refractivity contribution in [3.05, 3.63) is 76.4 Å². The van der Waals surface area contributed by atoms with Crippen LogP contribution in [0.1, 0.15) is 34.4 Å². The molecule has 0 unspecified atom stereocenters. The lowest BCUT2D eigenvalue weighted by molar-refractivity contribution is -0.137. The highest BCUT2D eigenvalue weighted by Gasteiger charge is 2.31. The van der Waals surface area contributed by atoms with Crippen LogP contribution in [0.5, 0.6) is 0 Å². The number of halogens is 4. The number of alkyl halides is 3. The van der Waals surface area contributed by atoms with E-state index >= 15 is 0 Å². The summed E-state index contributed by atoms with van der Waals surface area (Å²) in [6.07, 6.45) is -0.0154. The monoisotopic (exact) mass is 457 g/mol. The third kappa shape index (κ3) is 4.49. The Morgan fingerprint density at radius 1 is 0.879 bits per heavy atom. The first kappa shape index (κ1) is 21.6. The molecule has 0 saturated carbocycles. The number of rotatable bonds is 4. The molecule has 1 saturated heterocycles. The Balaban J connectivity index is 1.29. The molecule has 2 aliphatic rings. The van der Waals surface area contributed by atoms with Gasteiger partial charge in [0.15, 0.2) is 5.82 Å². The van der Waals surface area contributed by atoms with Crippen LogP contribution in [-0.4, -0.2) is 41.4 Å². The van der Waals surface area contributed by atoms with Gasteiger partial charge in [-0.25, -0.2) is 9.37 Å². The lowest BCUT2D eigenvalue weighted by atomic mass is 10.0. The van der Waals surface area contributed by atoms with E-state index in [1.807, 2.05) is 11.0 Å². The molecule has 0 bridgehead atoms. The Morgan fingerprint density at radius 2 is 1.64 bits per heavy atom. The van der Waals surface area contributed by atoms with E-state index < -0.39 is 11.7 Å². The fourth-order valence-corrected chi connectivity index (χ4v) is 4.66. The molecule has 0 spiro atoms. The van der Waals surface area contributed by atoms with Gasteiger partial charge >= 0.3 is 6.18 Å². The molecule has 5 nitrogen and oxygen atoms in total. The fourth-order valence-electron chi connectivity index (χ4n) is 4.66. The van der Waals surface area contributed by atoms with Crippen LogP contribution in [0.4, 0.5) is 29.2 Å². The van der Waals surface area contributed by atoms with Gasteiger partial charge in [-0.05, 0) is 54.7 Å². The minimum absolute atomic E-state index is 0.255. The second kappa shape index (κ2) is 8.61. The molecular formula is C24H23F4N5. The summed E-state index contributed by atoms with van der Waals surface area (Å²) in [6, 6.07) is 9.07. The van der Waals surface area contributed by atoms with Gasteiger partial charge in [-0.15, -0.1) is 5.10 Å². The van der Waals surface area contributed by atoms with Crippen molar-refractivity contribution in [1.29, 1.82) is 0 Å². The summed E-state index contributed by atoms with van der Waals surface area (Å²) in [5, 5.41) is 9.07. The Bertz CT molecular complexity index is 1140. The van der Waals surface area contributed by atoms with E-state index in [-0.39, 0.29) is 5.82 Å². The zero-order chi connectivity index (χ0) is 23.0. The summed E-state index contributed by atoms with van der Waals surface area (Å²) < 4.78 is 51.9. The number of hydrogen-bond acceptors (Lipinski definition) is 5. The normalized spacial score (nSPS) is 16.2. The van der Waals surface area contributed by atoms with E-state index in [1.165, 1.54) is 29.3 Å². The maximum atomic E-state index is 13.6. The molecule has 1 aromatic carbocycles. The molecule has 0 atom stereocenters. The molecule has 172 valence electrons. The van der Waals surface area contributed by atoms with Crippen LogP contribution in [0, 0.1) is 5.82 Å². The smallest absolute Gasteiger partial charge is 0.353 e. The number of hydrogen-bond donors (Lipinski definition) is 0. The van der Waals surface area contributed by atoms with Crippen molar-refractivity contribution in [2.24, 2.45) is 0 Å². The van der Waals surface area contributed by atoms with E-state index in [2.05, 4.69) is 20.1 Å². The summed E-state index contributed by atoms with van der Waals surface area (Å²) >= 11 is 0. The zero-order valence-electron chi connectivity index (χ0n) is 17.9. The molecule has 1 aliphatic carbocycles. The van der Waals surface area contributed by atoms with Gasteiger partial charge < -0.3 is 9.80 Å². The molecule has 1 aliphatic heterocycles. The zero-order valence-corrected chi connectivity index (χ0v) is 17.9. The molecule has 0 radical (unpaired) electrons. The fraction of sp³-hybridized carbons (Fsp3) is 0.375. The molecule has 2 aromatic heterocycles. The predicted molar refractivity (Wildman–Crippen MR) is 117 cm³/mol. The van der Waals surface area contributed by atoms with Gasteiger partial charge in [-0.2, -0.15) is 18.3 Å². The maximum Gasteiger partial charge on any atom is 0.417 e. The van der Waals surface area contributed by atoms with Crippen molar-refractivity contribution in [2.75, 3.05) is 36.0 Å². The third-order valence-corrected chi connectivity index (χ3v) is 6.34. The number of anilines is 2. The molecule has 0 N–H and O–H groups in total. The summed E-state index contributed by atoms with van der Waals surface area (Å²) in [4.78, 5) is 8.20. The molecule has 9 heteroatoms. The molecule has 0 amide bonds. The SMILES string of the molecule is Fc1cccc(Cc2nnc(N3CCN(c4ccc(C(F)(F)F)cn4)CC3)c3c2CCC3)c1. The van der Waals surface area contributed by atoms with Gasteiger partial charge in [0.25, 0.3) is 0 Å². The van der Waals surface area contributed by atoms with Crippen molar-refractivity contribution < 1.29 is 17.6 Å². The standard InChI is InChI=1S/C24H23F4N5/c25-18-4-1-3-16(13-18)14-21-19-5-2-6-20(19)23(31-30-21)33-11-9-32(10-12-33)22-8-7-17(15-29-22)24(26,27)28/h1,3-4,7-8,13,15H,2,5-6,9-12,14H2. The van der Waals surface area contributed by atoms with Crippen molar-refractivity contribution in [2.45, 2.75) is 31.9 Å². The van der Waals surface area contributed by atoms with Crippen molar-refractivity contribution in [3.8, 4) is 0 Å². The Hall–Kier alpha value is -3.23. The van der Waals surface area contributed by atoms with Gasteiger partial charge in [0.1, 0.15) is 11.6 Å². The van der Waals surface area contributed by atoms with Crippen molar-refractivity contribution in [1.82, 2.24) is 15.2 Å². The van der Waals surface area contributed by atoms with Crippen LogP contribution < -0.4 is 9.80 Å².